The van der Waals surface area contributed by atoms with Crippen molar-refractivity contribution >= 4 is 11.9 Å². The lowest BCUT2D eigenvalue weighted by Crippen LogP contribution is -2.59. The van der Waals surface area contributed by atoms with E-state index >= 15 is 0 Å². The topological polar surface area (TPSA) is 189 Å². The highest BCUT2D eigenvalue weighted by molar-refractivity contribution is 5.73. The fourth-order valence-electron chi connectivity index (χ4n) is 2.37. The van der Waals surface area contributed by atoms with Gasteiger partial charge in [0.05, 0.1) is 44.0 Å². The summed E-state index contributed by atoms with van der Waals surface area (Å²) in [6.07, 6.45) is -6.26. The summed E-state index contributed by atoms with van der Waals surface area (Å²) in [6.45, 7) is 0.894. The minimum atomic E-state index is -1.35. The van der Waals surface area contributed by atoms with E-state index in [4.69, 9.17) is 20.1 Å². The number of aliphatic hydroxyl groups excluding tert-OH is 5. The quantitative estimate of drug-likeness (QED) is 0.282. The van der Waals surface area contributed by atoms with E-state index in [9.17, 15) is 24.9 Å². The Balaban J connectivity index is 0.000000257. The van der Waals surface area contributed by atoms with Crippen LogP contribution in [-0.4, -0.2) is 99.9 Å². The molecule has 0 saturated carbocycles. The molecule has 0 aromatic heterocycles. The Morgan fingerprint density at radius 3 is 2.20 bits per heavy atom. The molecule has 2 saturated heterocycles. The highest BCUT2D eigenvalue weighted by Gasteiger charge is 2.38. The molecule has 11 nitrogen and oxygen atoms in total. The zero-order valence-electron chi connectivity index (χ0n) is 13.6. The van der Waals surface area contributed by atoms with Gasteiger partial charge in [0.2, 0.25) is 5.91 Å². The number of carbonyl (C=O) groups excluding carboxylic acids is 2. The molecule has 0 aliphatic carbocycles. The predicted molar refractivity (Wildman–Crippen MR) is 77.8 cm³/mol. The third-order valence-electron chi connectivity index (χ3n) is 3.83. The van der Waals surface area contributed by atoms with E-state index in [1.807, 2.05) is 0 Å². The number of carbonyl (C=O) groups is 2. The van der Waals surface area contributed by atoms with Gasteiger partial charge in [0, 0.05) is 13.3 Å². The number of carboxylic acid groups (broad SMARTS) is 1. The molecular weight excluding hydrogens is 342 g/mol. The molecule has 6 N–H and O–H groups in total. The average Bonchev–Trinajstić information content (AvgIpc) is 2.55. The number of carboxylic acids is 1. The number of aliphatic carboxylic acids is 1. The Hall–Kier alpha value is -1.34. The first kappa shape index (κ1) is 21.7. The first-order valence-electron chi connectivity index (χ1n) is 7.71. The summed E-state index contributed by atoms with van der Waals surface area (Å²) in [7, 11) is 0. The van der Waals surface area contributed by atoms with E-state index in [0.717, 1.165) is 0 Å². The van der Waals surface area contributed by atoms with E-state index in [2.05, 4.69) is 10.1 Å². The molecule has 146 valence electrons. The van der Waals surface area contributed by atoms with Crippen LogP contribution in [0.5, 0.6) is 0 Å². The van der Waals surface area contributed by atoms with Crippen molar-refractivity contribution in [3.63, 3.8) is 0 Å². The van der Waals surface area contributed by atoms with E-state index < -0.39 is 48.6 Å². The minimum Gasteiger partial charge on any atom is -0.547 e. The number of hydrogen-bond donors (Lipinski definition) is 6. The predicted octanol–water partition coefficient (Wildman–Crippen LogP) is -5.15. The Kier molecular flexibility index (Phi) is 8.65. The molecule has 0 bridgehead atoms. The summed E-state index contributed by atoms with van der Waals surface area (Å²) in [6, 6.07) is -0.620. The minimum absolute atomic E-state index is 0.0863. The number of hydrogen-bond acceptors (Lipinski definition) is 10. The lowest BCUT2D eigenvalue weighted by molar-refractivity contribution is -0.321. The Morgan fingerprint density at radius 1 is 1.08 bits per heavy atom. The maximum atomic E-state index is 10.7. The molecule has 1 amide bonds. The lowest BCUT2D eigenvalue weighted by Gasteiger charge is -2.36. The molecule has 2 heterocycles. The highest BCUT2D eigenvalue weighted by atomic mass is 16.5. The monoisotopic (exact) mass is 366 g/mol. The second-order valence-electron chi connectivity index (χ2n) is 5.85. The maximum absolute atomic E-state index is 10.7. The van der Waals surface area contributed by atoms with Crippen molar-refractivity contribution in [2.75, 3.05) is 19.8 Å². The van der Waals surface area contributed by atoms with Crippen molar-refractivity contribution in [2.45, 2.75) is 56.0 Å². The number of aliphatic hydroxyl groups is 5. The fraction of sp³-hybridized carbons (Fsp3) is 0.857. The molecule has 2 aliphatic rings. The summed E-state index contributed by atoms with van der Waals surface area (Å²) in [5.41, 5.74) is 0. The van der Waals surface area contributed by atoms with E-state index in [1.54, 1.807) is 0 Å². The van der Waals surface area contributed by atoms with Gasteiger partial charge in [-0.05, 0) is 0 Å². The maximum Gasteiger partial charge on any atom is 0.217 e. The number of rotatable bonds is 3. The van der Waals surface area contributed by atoms with Crippen LogP contribution in [0.1, 0.15) is 13.3 Å². The van der Waals surface area contributed by atoms with Crippen molar-refractivity contribution in [2.24, 2.45) is 0 Å². The zero-order chi connectivity index (χ0) is 19.1. The number of ether oxygens (including phenoxy) is 2. The van der Waals surface area contributed by atoms with Gasteiger partial charge in [-0.3, -0.25) is 4.79 Å². The molecule has 0 aromatic rings. The standard InChI is InChI=1S/C8H15NO5.C6H10O5/c1-4(11)9-5-3-14-6(2-10)8(13)7(5)12;7-3-1-5(6(9)10)11-2-4(3)8/h5-8,10,12-13H,2-3H2,1H3,(H,9,11);3-5,7-8H,1-2H2,(H,9,10)/p-1/t5?,6?,7-,8+;3-,4?,5?/m01/s1. The largest absolute Gasteiger partial charge is 0.547 e. The molecule has 4 unspecified atom stereocenters. The highest BCUT2D eigenvalue weighted by Crippen LogP contribution is 2.15. The van der Waals surface area contributed by atoms with Crippen LogP contribution in [0.4, 0.5) is 0 Å². The molecule has 2 fully saturated rings. The molecule has 2 rings (SSSR count). The molecule has 25 heavy (non-hydrogen) atoms. The Bertz CT molecular complexity index is 447. The number of nitrogens with one attached hydrogen (secondary N) is 1. The van der Waals surface area contributed by atoms with Gasteiger partial charge in [0.15, 0.2) is 0 Å². The van der Waals surface area contributed by atoms with Crippen LogP contribution in [0.15, 0.2) is 0 Å². The van der Waals surface area contributed by atoms with E-state index in [-0.39, 0.29) is 32.1 Å². The van der Waals surface area contributed by atoms with Gasteiger partial charge in [-0.15, -0.1) is 0 Å². The summed E-state index contributed by atoms with van der Waals surface area (Å²) in [5.74, 6) is -1.65. The second kappa shape index (κ2) is 9.97. The van der Waals surface area contributed by atoms with Crippen molar-refractivity contribution in [3.8, 4) is 0 Å². The molecule has 0 spiro atoms. The van der Waals surface area contributed by atoms with Crippen molar-refractivity contribution in [1.29, 1.82) is 0 Å². The Morgan fingerprint density at radius 2 is 1.72 bits per heavy atom. The molecule has 0 radical (unpaired) electrons. The first-order valence-corrected chi connectivity index (χ1v) is 7.71. The van der Waals surface area contributed by atoms with E-state index in [0.29, 0.717) is 0 Å². The van der Waals surface area contributed by atoms with Gasteiger partial charge in [-0.2, -0.15) is 0 Å². The van der Waals surface area contributed by atoms with Crippen molar-refractivity contribution in [1.82, 2.24) is 5.32 Å². The first-order chi connectivity index (χ1) is 11.7. The summed E-state index contributed by atoms with van der Waals surface area (Å²) in [4.78, 5) is 20.9. The molecular formula is C14H24NO10-. The van der Waals surface area contributed by atoms with Crippen molar-refractivity contribution in [3.05, 3.63) is 0 Å². The van der Waals surface area contributed by atoms with Crippen LogP contribution in [0.2, 0.25) is 0 Å². The third kappa shape index (κ3) is 6.47. The second-order valence-corrected chi connectivity index (χ2v) is 5.85. The van der Waals surface area contributed by atoms with Crippen LogP contribution in [0.25, 0.3) is 0 Å². The van der Waals surface area contributed by atoms with E-state index in [1.165, 1.54) is 6.92 Å². The lowest BCUT2D eigenvalue weighted by atomic mass is 9.98. The van der Waals surface area contributed by atoms with Crippen LogP contribution in [0, 0.1) is 0 Å². The summed E-state index contributed by atoms with van der Waals surface area (Å²) in [5, 5.41) is 58.2. The fourth-order valence-corrected chi connectivity index (χ4v) is 2.37. The van der Waals surface area contributed by atoms with Gasteiger partial charge in [-0.1, -0.05) is 0 Å². The molecule has 2 aliphatic heterocycles. The summed E-state index contributed by atoms with van der Waals surface area (Å²) >= 11 is 0. The van der Waals surface area contributed by atoms with Crippen LogP contribution >= 0.6 is 0 Å². The van der Waals surface area contributed by atoms with Gasteiger partial charge < -0.3 is 50.2 Å². The smallest absolute Gasteiger partial charge is 0.217 e. The van der Waals surface area contributed by atoms with Crippen LogP contribution in [-0.2, 0) is 19.1 Å². The normalized spacial score (nSPS) is 38.2. The summed E-state index contributed by atoms with van der Waals surface area (Å²) < 4.78 is 9.70. The molecule has 7 atom stereocenters. The molecule has 0 aromatic carbocycles. The van der Waals surface area contributed by atoms with Crippen molar-refractivity contribution < 1.29 is 49.7 Å². The zero-order valence-corrected chi connectivity index (χ0v) is 13.6. The Labute approximate surface area is 143 Å². The number of amides is 1. The van der Waals surface area contributed by atoms with Crippen LogP contribution < -0.4 is 10.4 Å². The third-order valence-corrected chi connectivity index (χ3v) is 3.83. The van der Waals surface area contributed by atoms with Gasteiger partial charge in [0.1, 0.15) is 24.4 Å². The van der Waals surface area contributed by atoms with Gasteiger partial charge >= 0.3 is 0 Å². The van der Waals surface area contributed by atoms with Gasteiger partial charge in [-0.25, -0.2) is 0 Å². The van der Waals surface area contributed by atoms with Crippen LogP contribution in [0.3, 0.4) is 0 Å². The van der Waals surface area contributed by atoms with Gasteiger partial charge in [0.25, 0.3) is 0 Å². The average molecular weight is 366 g/mol. The molecule has 11 heteroatoms. The SMILES string of the molecule is CC(=O)NC1COC(CO)[C@@H](O)[C@H]1O.O=C([O-])C1C[C@@H](O)C(O)CO1.